The van der Waals surface area contributed by atoms with Gasteiger partial charge in [0.2, 0.25) is 9.04 Å². The number of carbonyl (C=O) groups excluding carboxylic acids is 1. The molecule has 1 aliphatic heterocycles. The van der Waals surface area contributed by atoms with Crippen molar-refractivity contribution in [2.24, 2.45) is 5.41 Å². The fraction of sp³-hybridized carbons (Fsp3) is 0.714. The summed E-state index contributed by atoms with van der Waals surface area (Å²) in [6.45, 7) is 17.6. The molecule has 1 saturated heterocycles. The second-order valence-corrected chi connectivity index (χ2v) is 12.2. The first-order valence-electron chi connectivity index (χ1n) is 10.5. The molecular weight excluding hydrogens is 416 g/mol. The summed E-state index contributed by atoms with van der Waals surface area (Å²) in [5.41, 5.74) is -0.0154. The van der Waals surface area contributed by atoms with Crippen molar-refractivity contribution in [3.8, 4) is 0 Å². The van der Waals surface area contributed by atoms with E-state index in [4.69, 9.17) is 9.16 Å². The SMILES string of the molecule is C[Si](C)OC([C@H]1CN(c2ccc([N+](=O)[O-])nc2)CCN1C(=O)OC(C)(C)C)C(C)(C)C. The van der Waals surface area contributed by atoms with Gasteiger partial charge in [0.05, 0.1) is 17.8 Å². The molecule has 1 aliphatic rings. The van der Waals surface area contributed by atoms with Crippen molar-refractivity contribution in [3.05, 3.63) is 28.4 Å². The molecule has 1 amide bonds. The van der Waals surface area contributed by atoms with E-state index >= 15 is 0 Å². The quantitative estimate of drug-likeness (QED) is 0.378. The van der Waals surface area contributed by atoms with Gasteiger partial charge in [0.15, 0.2) is 6.20 Å². The molecule has 0 saturated carbocycles. The average molecular weight is 452 g/mol. The van der Waals surface area contributed by atoms with Gasteiger partial charge in [0.1, 0.15) is 5.60 Å². The molecule has 1 unspecified atom stereocenters. The van der Waals surface area contributed by atoms with E-state index in [1.165, 1.54) is 12.3 Å². The molecule has 2 atom stereocenters. The Kier molecular flexibility index (Phi) is 7.69. The first-order chi connectivity index (χ1) is 14.2. The number of nitrogens with zero attached hydrogens (tertiary/aromatic N) is 4. The van der Waals surface area contributed by atoms with Gasteiger partial charge in [-0.25, -0.2) is 4.79 Å². The molecule has 0 aliphatic carbocycles. The lowest BCUT2D eigenvalue weighted by Crippen LogP contribution is -2.63. The number of ether oxygens (including phenoxy) is 1. The smallest absolute Gasteiger partial charge is 0.410 e. The predicted molar refractivity (Wildman–Crippen MR) is 122 cm³/mol. The monoisotopic (exact) mass is 451 g/mol. The summed E-state index contributed by atoms with van der Waals surface area (Å²) >= 11 is 0. The first kappa shape index (κ1) is 25.1. The zero-order chi connectivity index (χ0) is 23.6. The molecule has 1 aromatic heterocycles. The Morgan fingerprint density at radius 1 is 1.23 bits per heavy atom. The maximum absolute atomic E-state index is 13.1. The lowest BCUT2D eigenvalue weighted by molar-refractivity contribution is -0.389. The normalized spacial score (nSPS) is 18.8. The summed E-state index contributed by atoms with van der Waals surface area (Å²) in [7, 11) is -1.03. The number of nitro groups is 1. The molecule has 2 heterocycles. The molecule has 0 bridgehead atoms. The van der Waals surface area contributed by atoms with Crippen LogP contribution in [0.1, 0.15) is 41.5 Å². The van der Waals surface area contributed by atoms with Gasteiger partial charge in [0, 0.05) is 25.7 Å². The third-order valence-corrected chi connectivity index (χ3v) is 5.62. The Bertz CT molecular complexity index is 773. The van der Waals surface area contributed by atoms with Gasteiger partial charge in [0.25, 0.3) is 0 Å². The van der Waals surface area contributed by atoms with E-state index in [2.05, 4.69) is 43.7 Å². The maximum Gasteiger partial charge on any atom is 0.410 e. The van der Waals surface area contributed by atoms with Crippen molar-refractivity contribution >= 4 is 26.6 Å². The van der Waals surface area contributed by atoms with Crippen LogP contribution in [0.2, 0.25) is 13.1 Å². The number of anilines is 1. The average Bonchev–Trinajstić information content (AvgIpc) is 2.63. The number of carbonyl (C=O) groups is 1. The minimum Gasteiger partial charge on any atom is -0.444 e. The molecule has 2 rings (SSSR count). The highest BCUT2D eigenvalue weighted by molar-refractivity contribution is 6.48. The van der Waals surface area contributed by atoms with Gasteiger partial charge in [-0.1, -0.05) is 20.8 Å². The van der Waals surface area contributed by atoms with Crippen LogP contribution in [0.3, 0.4) is 0 Å². The van der Waals surface area contributed by atoms with Crippen LogP contribution in [0.15, 0.2) is 18.3 Å². The molecule has 0 aromatic carbocycles. The molecule has 9 nitrogen and oxygen atoms in total. The highest BCUT2D eigenvalue weighted by Crippen LogP contribution is 2.32. The number of hydrogen-bond acceptors (Lipinski definition) is 7. The highest BCUT2D eigenvalue weighted by atomic mass is 28.3. The molecule has 10 heteroatoms. The van der Waals surface area contributed by atoms with Crippen LogP contribution in [-0.4, -0.2) is 67.3 Å². The number of hydrogen-bond donors (Lipinski definition) is 0. The van der Waals surface area contributed by atoms with Crippen molar-refractivity contribution in [1.29, 1.82) is 0 Å². The predicted octanol–water partition coefficient (Wildman–Crippen LogP) is 4.10. The molecule has 0 N–H and O–H groups in total. The fourth-order valence-electron chi connectivity index (χ4n) is 3.61. The Morgan fingerprint density at radius 3 is 2.32 bits per heavy atom. The van der Waals surface area contributed by atoms with E-state index in [0.717, 1.165) is 5.69 Å². The number of rotatable bonds is 5. The summed E-state index contributed by atoms with van der Waals surface area (Å²) in [4.78, 5) is 31.3. The lowest BCUT2D eigenvalue weighted by atomic mass is 9.83. The van der Waals surface area contributed by atoms with Crippen molar-refractivity contribution in [3.63, 3.8) is 0 Å². The van der Waals surface area contributed by atoms with Crippen LogP contribution >= 0.6 is 0 Å². The van der Waals surface area contributed by atoms with Gasteiger partial charge in [-0.3, -0.25) is 4.90 Å². The van der Waals surface area contributed by atoms with Crippen LogP contribution in [0, 0.1) is 15.5 Å². The lowest BCUT2D eigenvalue weighted by Gasteiger charge is -2.48. The zero-order valence-corrected chi connectivity index (χ0v) is 20.8. The maximum atomic E-state index is 13.1. The molecular formula is C21H35N4O5Si. The fourth-order valence-corrected chi connectivity index (χ4v) is 4.63. The van der Waals surface area contributed by atoms with Crippen LogP contribution in [-0.2, 0) is 9.16 Å². The van der Waals surface area contributed by atoms with Gasteiger partial charge in [-0.15, -0.1) is 0 Å². The third-order valence-electron chi connectivity index (χ3n) is 4.90. The van der Waals surface area contributed by atoms with E-state index < -0.39 is 19.6 Å². The number of aromatic nitrogens is 1. The standard InChI is InChI=1S/C21H35N4O5Si/c1-20(2,3)18(30-31(7)8)16-14-23(15-9-10-17(22-13-15)25(27)28)11-12-24(16)19(26)29-21(4,5)6/h9-10,13,16,18H,11-12,14H2,1-8H3/t16-,18?/m1/s1. The zero-order valence-electron chi connectivity index (χ0n) is 19.8. The number of piperazine rings is 1. The summed E-state index contributed by atoms with van der Waals surface area (Å²) in [5, 5.41) is 10.9. The topological polar surface area (TPSA) is 98.0 Å². The van der Waals surface area contributed by atoms with Crippen molar-refractivity contribution in [2.75, 3.05) is 24.5 Å². The van der Waals surface area contributed by atoms with E-state index in [9.17, 15) is 14.9 Å². The third kappa shape index (κ3) is 6.89. The van der Waals surface area contributed by atoms with Gasteiger partial charge in [-0.05, 0) is 55.3 Å². The Balaban J connectivity index is 2.36. The van der Waals surface area contributed by atoms with Crippen LogP contribution in [0.4, 0.5) is 16.3 Å². The molecule has 31 heavy (non-hydrogen) atoms. The Morgan fingerprint density at radius 2 is 1.87 bits per heavy atom. The second kappa shape index (κ2) is 9.52. The van der Waals surface area contributed by atoms with E-state index in [-0.39, 0.29) is 29.5 Å². The molecule has 1 aromatic rings. The summed E-state index contributed by atoms with van der Waals surface area (Å²) in [6, 6.07) is 2.87. The number of amides is 1. The van der Waals surface area contributed by atoms with E-state index in [1.54, 1.807) is 11.0 Å². The largest absolute Gasteiger partial charge is 0.444 e. The highest BCUT2D eigenvalue weighted by Gasteiger charge is 2.43. The van der Waals surface area contributed by atoms with Crippen LogP contribution < -0.4 is 4.90 Å². The summed E-state index contributed by atoms with van der Waals surface area (Å²) in [5.74, 6) is -0.187. The molecule has 1 fully saturated rings. The summed E-state index contributed by atoms with van der Waals surface area (Å²) in [6.07, 6.45) is 0.968. The first-order valence-corrected chi connectivity index (χ1v) is 12.9. The van der Waals surface area contributed by atoms with Gasteiger partial charge in [-0.2, -0.15) is 0 Å². The summed E-state index contributed by atoms with van der Waals surface area (Å²) < 4.78 is 12.1. The molecule has 0 spiro atoms. The minimum absolute atomic E-state index is 0.187. The Hall–Kier alpha value is -2.20. The van der Waals surface area contributed by atoms with Crippen molar-refractivity contribution in [1.82, 2.24) is 9.88 Å². The van der Waals surface area contributed by atoms with Crippen molar-refractivity contribution < 1.29 is 18.9 Å². The second-order valence-electron chi connectivity index (χ2n) is 10.1. The van der Waals surface area contributed by atoms with Crippen LogP contribution in [0.25, 0.3) is 0 Å². The van der Waals surface area contributed by atoms with Crippen LogP contribution in [0.5, 0.6) is 0 Å². The van der Waals surface area contributed by atoms with Gasteiger partial charge < -0.3 is 24.2 Å². The molecule has 1 radical (unpaired) electrons. The minimum atomic E-state index is -1.03. The van der Waals surface area contributed by atoms with Crippen molar-refractivity contribution in [2.45, 2.75) is 72.4 Å². The molecule has 173 valence electrons. The van der Waals surface area contributed by atoms with E-state index in [0.29, 0.717) is 19.6 Å². The Labute approximate surface area is 186 Å². The van der Waals surface area contributed by atoms with Gasteiger partial charge >= 0.3 is 11.9 Å². The van der Waals surface area contributed by atoms with E-state index in [1.807, 2.05) is 20.8 Å². The number of pyridine rings is 1.